The van der Waals surface area contributed by atoms with Crippen LogP contribution < -0.4 is 0 Å². The summed E-state index contributed by atoms with van der Waals surface area (Å²) in [6, 6.07) is 10.3. The third-order valence-electron chi connectivity index (χ3n) is 5.53. The van der Waals surface area contributed by atoms with Crippen molar-refractivity contribution in [3.8, 4) is 0 Å². The molecule has 1 amide bonds. The molecule has 33 heavy (non-hydrogen) atoms. The number of carbonyl (C=O) groups is 2. The highest BCUT2D eigenvalue weighted by Crippen LogP contribution is 2.30. The molecule has 1 fully saturated rings. The van der Waals surface area contributed by atoms with Crippen molar-refractivity contribution in [2.24, 2.45) is 0 Å². The van der Waals surface area contributed by atoms with Gasteiger partial charge in [-0.25, -0.2) is 8.42 Å². The number of carbonyl (C=O) groups excluding carboxylic acids is 2. The molecule has 2 aromatic rings. The molecule has 10 heteroatoms. The van der Waals surface area contributed by atoms with E-state index < -0.39 is 33.5 Å². The predicted octanol–water partition coefficient (Wildman–Crippen LogP) is 3.72. The van der Waals surface area contributed by atoms with Crippen LogP contribution in [0.5, 0.6) is 0 Å². The van der Waals surface area contributed by atoms with E-state index in [-0.39, 0.29) is 42.1 Å². The first kappa shape index (κ1) is 24.9. The summed E-state index contributed by atoms with van der Waals surface area (Å²) in [5.41, 5.74) is -0.510. The maximum Gasteiger partial charge on any atom is 0.416 e. The van der Waals surface area contributed by atoms with E-state index in [2.05, 4.69) is 0 Å². The molecule has 0 N–H and O–H groups in total. The average Bonchev–Trinajstić information content (AvgIpc) is 2.77. The van der Waals surface area contributed by atoms with E-state index >= 15 is 0 Å². The Bertz CT molecular complexity index is 1150. The topological polar surface area (TPSA) is 74.8 Å². The SMILES string of the molecule is CC(C)(C)c1ccc(S(=O)(=O)N2CCN(C(=O)C(=O)c3cccc(C(F)(F)F)c3)CC2)cc1. The van der Waals surface area contributed by atoms with Crippen molar-refractivity contribution in [3.63, 3.8) is 0 Å². The molecule has 1 saturated heterocycles. The summed E-state index contributed by atoms with van der Waals surface area (Å²) in [4.78, 5) is 26.3. The molecule has 3 rings (SSSR count). The van der Waals surface area contributed by atoms with Gasteiger partial charge in [0.25, 0.3) is 5.91 Å². The molecule has 0 saturated carbocycles. The molecule has 0 bridgehead atoms. The zero-order valence-corrected chi connectivity index (χ0v) is 19.3. The average molecular weight is 483 g/mol. The summed E-state index contributed by atoms with van der Waals surface area (Å²) >= 11 is 0. The molecule has 0 radical (unpaired) electrons. The minimum Gasteiger partial charge on any atom is -0.333 e. The van der Waals surface area contributed by atoms with Crippen LogP contribution in [-0.2, 0) is 26.4 Å². The van der Waals surface area contributed by atoms with Crippen molar-refractivity contribution in [3.05, 3.63) is 65.2 Å². The van der Waals surface area contributed by atoms with Crippen molar-refractivity contribution in [1.82, 2.24) is 9.21 Å². The molecule has 1 aliphatic rings. The summed E-state index contributed by atoms with van der Waals surface area (Å²) in [5.74, 6) is -2.02. The number of ketones is 1. The molecule has 178 valence electrons. The van der Waals surface area contributed by atoms with Crippen molar-refractivity contribution in [2.75, 3.05) is 26.2 Å². The lowest BCUT2D eigenvalue weighted by atomic mass is 9.87. The Morgan fingerprint density at radius 1 is 0.848 bits per heavy atom. The number of nitrogens with zero attached hydrogens (tertiary/aromatic N) is 2. The molecular weight excluding hydrogens is 457 g/mol. The third kappa shape index (κ3) is 5.44. The van der Waals surface area contributed by atoms with Crippen LogP contribution in [0.25, 0.3) is 0 Å². The molecule has 2 aromatic carbocycles. The highest BCUT2D eigenvalue weighted by molar-refractivity contribution is 7.89. The van der Waals surface area contributed by atoms with Gasteiger partial charge in [0.15, 0.2) is 0 Å². The fourth-order valence-electron chi connectivity index (χ4n) is 3.51. The number of alkyl halides is 3. The maximum absolute atomic E-state index is 13.0. The van der Waals surface area contributed by atoms with Gasteiger partial charge in [-0.1, -0.05) is 45.0 Å². The number of sulfonamides is 1. The fourth-order valence-corrected chi connectivity index (χ4v) is 4.93. The van der Waals surface area contributed by atoms with Gasteiger partial charge in [0.05, 0.1) is 10.5 Å². The minimum atomic E-state index is -4.63. The molecule has 6 nitrogen and oxygen atoms in total. The van der Waals surface area contributed by atoms with Crippen molar-refractivity contribution in [1.29, 1.82) is 0 Å². The lowest BCUT2D eigenvalue weighted by Gasteiger charge is -2.33. The first-order valence-electron chi connectivity index (χ1n) is 10.3. The summed E-state index contributed by atoms with van der Waals surface area (Å²) in [7, 11) is -3.78. The van der Waals surface area contributed by atoms with Gasteiger partial charge < -0.3 is 4.90 Å². The number of benzene rings is 2. The summed E-state index contributed by atoms with van der Waals surface area (Å²) < 4.78 is 65.8. The second kappa shape index (κ2) is 8.90. The largest absolute Gasteiger partial charge is 0.416 e. The van der Waals surface area contributed by atoms with E-state index in [9.17, 15) is 31.2 Å². The van der Waals surface area contributed by atoms with Crippen LogP contribution in [0.4, 0.5) is 13.2 Å². The number of amides is 1. The highest BCUT2D eigenvalue weighted by atomic mass is 32.2. The monoisotopic (exact) mass is 482 g/mol. The molecule has 1 aliphatic heterocycles. The number of halogens is 3. The van der Waals surface area contributed by atoms with Crippen LogP contribution in [0, 0.1) is 0 Å². The molecule has 1 heterocycles. The second-order valence-electron chi connectivity index (χ2n) is 8.88. The molecule has 0 aliphatic carbocycles. The quantitative estimate of drug-likeness (QED) is 0.492. The van der Waals surface area contributed by atoms with Gasteiger partial charge in [-0.05, 0) is 35.2 Å². The maximum atomic E-state index is 13.0. The number of Topliss-reactive ketones (excluding diaryl/α,β-unsaturated/α-hetero) is 1. The van der Waals surface area contributed by atoms with E-state index in [1.54, 1.807) is 24.3 Å². The van der Waals surface area contributed by atoms with Crippen molar-refractivity contribution >= 4 is 21.7 Å². The smallest absolute Gasteiger partial charge is 0.333 e. The van der Waals surface area contributed by atoms with E-state index in [0.717, 1.165) is 28.7 Å². The van der Waals surface area contributed by atoms with Crippen molar-refractivity contribution in [2.45, 2.75) is 37.3 Å². The first-order chi connectivity index (χ1) is 15.2. The van der Waals surface area contributed by atoms with Crippen LogP contribution in [0.3, 0.4) is 0 Å². The van der Waals surface area contributed by atoms with Gasteiger partial charge in [-0.15, -0.1) is 0 Å². The van der Waals surface area contributed by atoms with E-state index in [4.69, 9.17) is 0 Å². The number of hydrogen-bond donors (Lipinski definition) is 0. The molecule has 0 aromatic heterocycles. The normalized spacial score (nSPS) is 16.0. The second-order valence-corrected chi connectivity index (χ2v) is 10.8. The third-order valence-corrected chi connectivity index (χ3v) is 7.44. The molecular formula is C23H25F3N2O4S. The van der Waals surface area contributed by atoms with Gasteiger partial charge in [0.2, 0.25) is 15.8 Å². The Balaban J connectivity index is 1.68. The van der Waals surface area contributed by atoms with Gasteiger partial charge in [-0.3, -0.25) is 9.59 Å². The van der Waals surface area contributed by atoms with Crippen LogP contribution >= 0.6 is 0 Å². The Kier molecular flexibility index (Phi) is 6.72. The molecule has 0 spiro atoms. The van der Waals surface area contributed by atoms with Crippen LogP contribution in [0.15, 0.2) is 53.4 Å². The highest BCUT2D eigenvalue weighted by Gasteiger charge is 2.34. The summed E-state index contributed by atoms with van der Waals surface area (Å²) in [6.45, 7) is 5.94. The van der Waals surface area contributed by atoms with Crippen LogP contribution in [0.1, 0.15) is 42.3 Å². The Morgan fingerprint density at radius 3 is 1.94 bits per heavy atom. The number of hydrogen-bond acceptors (Lipinski definition) is 4. The Morgan fingerprint density at radius 2 is 1.42 bits per heavy atom. The van der Waals surface area contributed by atoms with Gasteiger partial charge in [0.1, 0.15) is 0 Å². The fraction of sp³-hybridized carbons (Fsp3) is 0.391. The number of piperazine rings is 1. The van der Waals surface area contributed by atoms with Gasteiger partial charge in [-0.2, -0.15) is 17.5 Å². The lowest BCUT2D eigenvalue weighted by molar-refractivity contribution is -0.137. The van der Waals surface area contributed by atoms with Crippen LogP contribution in [-0.4, -0.2) is 55.5 Å². The van der Waals surface area contributed by atoms with E-state index in [0.29, 0.717) is 6.07 Å². The zero-order valence-electron chi connectivity index (χ0n) is 18.5. The first-order valence-corrected chi connectivity index (χ1v) is 11.8. The van der Waals surface area contributed by atoms with Crippen LogP contribution in [0.2, 0.25) is 0 Å². The number of rotatable bonds is 4. The minimum absolute atomic E-state index is 0.0229. The van der Waals surface area contributed by atoms with E-state index in [1.165, 1.54) is 4.31 Å². The van der Waals surface area contributed by atoms with E-state index in [1.807, 2.05) is 20.8 Å². The predicted molar refractivity (Wildman–Crippen MR) is 116 cm³/mol. The Labute approximate surface area is 191 Å². The molecule has 0 unspecified atom stereocenters. The van der Waals surface area contributed by atoms with Crippen molar-refractivity contribution < 1.29 is 31.2 Å². The Hall–Kier alpha value is -2.72. The summed E-state index contributed by atoms with van der Waals surface area (Å²) in [6.07, 6.45) is -4.63. The lowest BCUT2D eigenvalue weighted by Crippen LogP contribution is -2.52. The van der Waals surface area contributed by atoms with Gasteiger partial charge >= 0.3 is 6.18 Å². The zero-order chi connectivity index (χ0) is 24.6. The van der Waals surface area contributed by atoms with Gasteiger partial charge in [0, 0.05) is 31.7 Å². The standard InChI is InChI=1S/C23H25F3N2O4S/c1-22(2,3)17-7-9-19(10-8-17)33(31,32)28-13-11-27(12-14-28)21(30)20(29)16-5-4-6-18(15-16)23(24,25)26/h4-10,15H,11-14H2,1-3H3. The molecule has 0 atom stereocenters. The summed E-state index contributed by atoms with van der Waals surface area (Å²) in [5, 5.41) is 0.